The SMILES string of the molecule is COc1cccc(-n2c(SCC(=O)N3CCc4ccccc43)nc3sc4c(c3c2=O)CCCC4)c1. The number of para-hydroxylation sites is 1. The van der Waals surface area contributed by atoms with Crippen LogP contribution in [0.15, 0.2) is 58.5 Å². The maximum Gasteiger partial charge on any atom is 0.267 e. The third-order valence-corrected chi connectivity index (χ3v) is 8.89. The van der Waals surface area contributed by atoms with Crippen molar-refractivity contribution in [2.75, 3.05) is 24.3 Å². The summed E-state index contributed by atoms with van der Waals surface area (Å²) in [4.78, 5) is 36.0. The van der Waals surface area contributed by atoms with Crippen LogP contribution in [0.4, 0.5) is 5.69 Å². The predicted molar refractivity (Wildman–Crippen MR) is 142 cm³/mol. The lowest BCUT2D eigenvalue weighted by atomic mass is 9.97. The summed E-state index contributed by atoms with van der Waals surface area (Å²) < 4.78 is 7.07. The van der Waals surface area contributed by atoms with Gasteiger partial charge in [-0.15, -0.1) is 11.3 Å². The Hall–Kier alpha value is -3.10. The van der Waals surface area contributed by atoms with Gasteiger partial charge in [0.2, 0.25) is 5.91 Å². The molecule has 1 aliphatic carbocycles. The van der Waals surface area contributed by atoms with Crippen molar-refractivity contribution in [3.63, 3.8) is 0 Å². The number of benzene rings is 2. The van der Waals surface area contributed by atoms with Gasteiger partial charge >= 0.3 is 0 Å². The summed E-state index contributed by atoms with van der Waals surface area (Å²) >= 11 is 2.96. The highest BCUT2D eigenvalue weighted by Gasteiger charge is 2.26. The highest BCUT2D eigenvalue weighted by Crippen LogP contribution is 2.36. The van der Waals surface area contributed by atoms with E-state index in [2.05, 4.69) is 6.07 Å². The summed E-state index contributed by atoms with van der Waals surface area (Å²) in [7, 11) is 1.61. The van der Waals surface area contributed by atoms with Crippen LogP contribution in [0.3, 0.4) is 0 Å². The molecule has 0 atom stereocenters. The van der Waals surface area contributed by atoms with Gasteiger partial charge in [0.05, 0.1) is 23.9 Å². The largest absolute Gasteiger partial charge is 0.497 e. The van der Waals surface area contributed by atoms with Crippen LogP contribution >= 0.6 is 23.1 Å². The Morgan fingerprint density at radius 2 is 1.97 bits per heavy atom. The van der Waals surface area contributed by atoms with Gasteiger partial charge in [0.1, 0.15) is 10.6 Å². The van der Waals surface area contributed by atoms with Gasteiger partial charge in [-0.25, -0.2) is 4.98 Å². The van der Waals surface area contributed by atoms with Crippen molar-refractivity contribution >= 4 is 44.9 Å². The minimum Gasteiger partial charge on any atom is -0.497 e. The van der Waals surface area contributed by atoms with Crippen molar-refractivity contribution in [3.05, 3.63) is 74.9 Å². The molecule has 0 radical (unpaired) electrons. The number of carbonyl (C=O) groups excluding carboxylic acids is 1. The van der Waals surface area contributed by atoms with Crippen LogP contribution in [0, 0.1) is 0 Å². The number of fused-ring (bicyclic) bond motifs is 4. The third kappa shape index (κ3) is 3.94. The minimum atomic E-state index is -0.0656. The summed E-state index contributed by atoms with van der Waals surface area (Å²) in [6, 6.07) is 15.5. The lowest BCUT2D eigenvalue weighted by Crippen LogP contribution is -2.31. The molecule has 0 saturated heterocycles. The van der Waals surface area contributed by atoms with Gasteiger partial charge in [0, 0.05) is 23.2 Å². The Bertz CT molecular complexity index is 1510. The number of anilines is 1. The number of thiophene rings is 1. The molecule has 0 unspecified atom stereocenters. The highest BCUT2D eigenvalue weighted by molar-refractivity contribution is 7.99. The second kappa shape index (κ2) is 9.17. The summed E-state index contributed by atoms with van der Waals surface area (Å²) in [6.07, 6.45) is 5.04. The lowest BCUT2D eigenvalue weighted by Gasteiger charge is -2.18. The van der Waals surface area contributed by atoms with Gasteiger partial charge in [-0.3, -0.25) is 14.2 Å². The molecule has 2 aliphatic rings. The van der Waals surface area contributed by atoms with E-state index in [4.69, 9.17) is 9.72 Å². The molecule has 2 aromatic heterocycles. The Morgan fingerprint density at radius 3 is 2.86 bits per heavy atom. The number of thioether (sulfide) groups is 1. The zero-order chi connectivity index (χ0) is 23.9. The number of methoxy groups -OCH3 is 1. The van der Waals surface area contributed by atoms with Crippen LogP contribution in [0.2, 0.25) is 0 Å². The van der Waals surface area contributed by atoms with E-state index in [-0.39, 0.29) is 17.2 Å². The summed E-state index contributed by atoms with van der Waals surface area (Å²) in [5.74, 6) is 0.904. The zero-order valence-electron chi connectivity index (χ0n) is 19.5. The number of rotatable bonds is 5. The van der Waals surface area contributed by atoms with Crippen molar-refractivity contribution in [1.29, 1.82) is 0 Å². The maximum absolute atomic E-state index is 13.9. The van der Waals surface area contributed by atoms with E-state index in [0.29, 0.717) is 23.1 Å². The molecule has 35 heavy (non-hydrogen) atoms. The molecule has 1 amide bonds. The molecule has 0 bridgehead atoms. The molecule has 178 valence electrons. The van der Waals surface area contributed by atoms with Crippen LogP contribution in [0.1, 0.15) is 28.8 Å². The molecule has 4 aromatic rings. The molecule has 6 rings (SSSR count). The summed E-state index contributed by atoms with van der Waals surface area (Å²) in [5.41, 5.74) is 3.97. The average Bonchev–Trinajstić information content (AvgIpc) is 3.49. The first-order valence-corrected chi connectivity index (χ1v) is 13.7. The normalized spacial score (nSPS) is 14.7. The standard InChI is InChI=1S/C27H25N3O3S2/c1-33-19-9-6-8-18(15-19)30-26(32)24-20-10-3-5-12-22(20)35-25(24)28-27(30)34-16-23(31)29-14-13-17-7-2-4-11-21(17)29/h2,4,6-9,11,15H,3,5,10,12-14,16H2,1H3. The van der Waals surface area contributed by atoms with E-state index in [1.54, 1.807) is 23.0 Å². The first-order valence-electron chi connectivity index (χ1n) is 11.9. The van der Waals surface area contributed by atoms with Crippen molar-refractivity contribution in [2.24, 2.45) is 0 Å². The Morgan fingerprint density at radius 1 is 1.11 bits per heavy atom. The molecule has 8 heteroatoms. The number of aryl methyl sites for hydroxylation is 2. The van der Waals surface area contributed by atoms with E-state index in [0.717, 1.165) is 53.6 Å². The van der Waals surface area contributed by atoms with E-state index < -0.39 is 0 Å². The molecular weight excluding hydrogens is 478 g/mol. The van der Waals surface area contributed by atoms with Crippen LogP contribution < -0.4 is 15.2 Å². The van der Waals surface area contributed by atoms with Crippen LogP contribution in [-0.4, -0.2) is 34.9 Å². The monoisotopic (exact) mass is 503 g/mol. The molecule has 2 aromatic carbocycles. The van der Waals surface area contributed by atoms with E-state index in [1.807, 2.05) is 47.4 Å². The number of amides is 1. The minimum absolute atomic E-state index is 0.0250. The highest BCUT2D eigenvalue weighted by atomic mass is 32.2. The number of carbonyl (C=O) groups is 1. The number of nitrogens with zero attached hydrogens (tertiary/aromatic N) is 3. The van der Waals surface area contributed by atoms with Crippen LogP contribution in [-0.2, 0) is 24.1 Å². The van der Waals surface area contributed by atoms with Crippen LogP contribution in [0.25, 0.3) is 15.9 Å². The summed E-state index contributed by atoms with van der Waals surface area (Å²) in [6.45, 7) is 0.686. The van der Waals surface area contributed by atoms with Gasteiger partial charge in [0.15, 0.2) is 5.16 Å². The molecule has 0 N–H and O–H groups in total. The predicted octanol–water partition coefficient (Wildman–Crippen LogP) is 5.02. The summed E-state index contributed by atoms with van der Waals surface area (Å²) in [5, 5.41) is 1.27. The maximum atomic E-state index is 13.9. The third-order valence-electron chi connectivity index (χ3n) is 6.78. The Balaban J connectivity index is 1.41. The molecule has 0 fully saturated rings. The molecule has 0 saturated carbocycles. The fourth-order valence-electron chi connectivity index (χ4n) is 5.06. The quantitative estimate of drug-likeness (QED) is 0.283. The van der Waals surface area contributed by atoms with Crippen molar-refractivity contribution in [1.82, 2.24) is 9.55 Å². The topological polar surface area (TPSA) is 64.4 Å². The van der Waals surface area contributed by atoms with Crippen molar-refractivity contribution < 1.29 is 9.53 Å². The second-order valence-electron chi connectivity index (χ2n) is 8.84. The smallest absolute Gasteiger partial charge is 0.267 e. The first kappa shape index (κ1) is 22.4. The number of hydrogen-bond acceptors (Lipinski definition) is 6. The Kier molecular flexibility index (Phi) is 5.86. The van der Waals surface area contributed by atoms with Crippen LogP contribution in [0.5, 0.6) is 5.75 Å². The number of hydrogen-bond donors (Lipinski definition) is 0. The van der Waals surface area contributed by atoms with Gasteiger partial charge in [-0.1, -0.05) is 36.0 Å². The zero-order valence-corrected chi connectivity index (χ0v) is 21.1. The molecule has 3 heterocycles. The van der Waals surface area contributed by atoms with Gasteiger partial charge < -0.3 is 9.64 Å². The fraction of sp³-hybridized carbons (Fsp3) is 0.296. The van der Waals surface area contributed by atoms with Crippen molar-refractivity contribution in [2.45, 2.75) is 37.3 Å². The van der Waals surface area contributed by atoms with Gasteiger partial charge in [0.25, 0.3) is 5.56 Å². The average molecular weight is 504 g/mol. The Labute approximate surface area is 211 Å². The fourth-order valence-corrected chi connectivity index (χ4v) is 7.25. The van der Waals surface area contributed by atoms with E-state index in [1.165, 1.54) is 22.2 Å². The lowest BCUT2D eigenvalue weighted by molar-refractivity contribution is -0.116. The molecule has 1 aliphatic heterocycles. The molecule has 0 spiro atoms. The van der Waals surface area contributed by atoms with E-state index >= 15 is 0 Å². The van der Waals surface area contributed by atoms with Gasteiger partial charge in [-0.05, 0) is 61.4 Å². The van der Waals surface area contributed by atoms with E-state index in [9.17, 15) is 9.59 Å². The molecular formula is C27H25N3O3S2. The second-order valence-corrected chi connectivity index (χ2v) is 10.9. The number of ether oxygens (including phenoxy) is 1. The van der Waals surface area contributed by atoms with Gasteiger partial charge in [-0.2, -0.15) is 0 Å². The number of aromatic nitrogens is 2. The van der Waals surface area contributed by atoms with Crippen molar-refractivity contribution in [3.8, 4) is 11.4 Å². The molecule has 6 nitrogen and oxygen atoms in total. The first-order chi connectivity index (χ1) is 17.1.